The van der Waals surface area contributed by atoms with E-state index in [4.69, 9.17) is 14.2 Å². The lowest BCUT2D eigenvalue weighted by Crippen LogP contribution is -2.31. The van der Waals surface area contributed by atoms with Crippen LogP contribution in [0.5, 0.6) is 17.2 Å². The molecule has 356 valence electrons. The van der Waals surface area contributed by atoms with Crippen LogP contribution in [0.15, 0.2) is 36.4 Å². The van der Waals surface area contributed by atoms with Gasteiger partial charge in [-0.05, 0) is 84.1 Å². The van der Waals surface area contributed by atoms with Crippen LogP contribution in [0, 0.1) is 0 Å². The van der Waals surface area contributed by atoms with Crippen molar-refractivity contribution < 1.29 is 28.6 Å². The monoisotopic (exact) mass is 884 g/mol. The van der Waals surface area contributed by atoms with Crippen LogP contribution < -0.4 is 14.2 Å². The number of ether oxygens (including phenoxy) is 3. The van der Waals surface area contributed by atoms with E-state index in [1.54, 1.807) is 57.0 Å². The summed E-state index contributed by atoms with van der Waals surface area (Å²) >= 11 is 0. The molecule has 0 spiro atoms. The molecule has 3 amide bonds. The molecule has 3 aromatic carbocycles. The van der Waals surface area contributed by atoms with Crippen LogP contribution in [-0.4, -0.2) is 94.5 Å². The fraction of sp³-hybridized carbons (Fsp3) is 0.618. The van der Waals surface area contributed by atoms with Crippen molar-refractivity contribution in [1.82, 2.24) is 14.7 Å². The van der Waals surface area contributed by atoms with E-state index in [9.17, 15) is 14.4 Å². The normalized spacial score (nSPS) is 12.9. The minimum Gasteiger partial charge on any atom is -0.483 e. The first-order valence-corrected chi connectivity index (χ1v) is 22.8. The third kappa shape index (κ3) is 13.1. The van der Waals surface area contributed by atoms with E-state index in [2.05, 4.69) is 161 Å². The van der Waals surface area contributed by atoms with Gasteiger partial charge in [0.2, 0.25) is 0 Å². The number of hydrogen-bond acceptors (Lipinski definition) is 6. The molecule has 0 atom stereocenters. The van der Waals surface area contributed by atoms with Gasteiger partial charge in [-0.15, -0.1) is 0 Å². The predicted molar refractivity (Wildman–Crippen MR) is 265 cm³/mol. The molecule has 0 aliphatic carbocycles. The maximum absolute atomic E-state index is 13.5. The first-order valence-electron chi connectivity index (χ1n) is 22.8. The second-order valence-corrected chi connectivity index (χ2v) is 24.5. The van der Waals surface area contributed by atoms with Crippen molar-refractivity contribution >= 4 is 17.7 Å². The lowest BCUT2D eigenvalue weighted by Gasteiger charge is -2.39. The molecular weight excluding hydrogens is 799 g/mol. The van der Waals surface area contributed by atoms with E-state index < -0.39 is 22.2 Å². The van der Waals surface area contributed by atoms with E-state index in [1.807, 2.05) is 0 Å². The summed E-state index contributed by atoms with van der Waals surface area (Å²) in [4.78, 5) is 45.3. The molecule has 64 heavy (non-hydrogen) atoms. The molecule has 3 rings (SSSR count). The van der Waals surface area contributed by atoms with Gasteiger partial charge < -0.3 is 28.9 Å². The molecular formula is C55H85N3O6. The van der Waals surface area contributed by atoms with Crippen LogP contribution >= 0.6 is 0 Å². The molecule has 0 N–H and O–H groups in total. The van der Waals surface area contributed by atoms with E-state index in [-0.39, 0.29) is 53.8 Å². The molecule has 0 heterocycles. The number of amides is 3. The summed E-state index contributed by atoms with van der Waals surface area (Å²) in [5.74, 6) is 0.524. The molecule has 9 nitrogen and oxygen atoms in total. The Morgan fingerprint density at radius 1 is 0.375 bits per heavy atom. The summed E-state index contributed by atoms with van der Waals surface area (Å²) in [5.41, 5.74) is 6.65. The van der Waals surface area contributed by atoms with Crippen molar-refractivity contribution in [2.75, 3.05) is 62.1 Å². The second-order valence-electron chi connectivity index (χ2n) is 24.5. The van der Waals surface area contributed by atoms with Gasteiger partial charge in [-0.2, -0.15) is 0 Å². The van der Waals surface area contributed by atoms with Crippen LogP contribution in [0.2, 0.25) is 0 Å². The number of carbonyl (C=O) groups is 3. The molecule has 0 saturated carbocycles. The molecule has 0 saturated heterocycles. The summed E-state index contributed by atoms with van der Waals surface area (Å²) in [6.07, 6.45) is 0. The van der Waals surface area contributed by atoms with Gasteiger partial charge in [0.25, 0.3) is 17.7 Å². The Hall–Kier alpha value is -4.53. The van der Waals surface area contributed by atoms with Crippen molar-refractivity contribution in [3.63, 3.8) is 0 Å². The highest BCUT2D eigenvalue weighted by Gasteiger charge is 2.41. The molecule has 0 unspecified atom stereocenters. The largest absolute Gasteiger partial charge is 0.483 e. The molecule has 0 radical (unpaired) electrons. The molecule has 0 aromatic heterocycles. The second kappa shape index (κ2) is 19.1. The van der Waals surface area contributed by atoms with Crippen LogP contribution in [0.25, 0.3) is 0 Å². The Bertz CT molecular complexity index is 1930. The van der Waals surface area contributed by atoms with Crippen LogP contribution in [-0.2, 0) is 46.9 Å². The number of carbonyl (C=O) groups excluding carboxylic acids is 3. The number of benzene rings is 3. The van der Waals surface area contributed by atoms with Gasteiger partial charge in [0.15, 0.2) is 19.8 Å². The summed E-state index contributed by atoms with van der Waals surface area (Å²) in [5, 5.41) is 0. The number of nitrogens with zero attached hydrogens (tertiary/aromatic N) is 3. The fourth-order valence-corrected chi connectivity index (χ4v) is 7.53. The molecule has 3 aromatic rings. The molecule has 9 heteroatoms. The maximum atomic E-state index is 13.5. The summed E-state index contributed by atoms with van der Waals surface area (Å²) < 4.78 is 20.7. The van der Waals surface area contributed by atoms with Crippen LogP contribution in [0.3, 0.4) is 0 Å². The van der Waals surface area contributed by atoms with E-state index in [0.717, 1.165) is 50.1 Å². The van der Waals surface area contributed by atoms with Gasteiger partial charge in [0.05, 0.1) is 0 Å². The summed E-state index contributed by atoms with van der Waals surface area (Å²) in [6.45, 7) is 39.1. The lowest BCUT2D eigenvalue weighted by atomic mass is 9.66. The number of hydrogen-bond donors (Lipinski definition) is 0. The Kier molecular flexibility index (Phi) is 16.1. The van der Waals surface area contributed by atoms with Gasteiger partial charge in [-0.1, -0.05) is 143 Å². The van der Waals surface area contributed by atoms with Crippen molar-refractivity contribution in [1.29, 1.82) is 0 Å². The molecule has 0 aliphatic heterocycles. The standard InChI is InChI=1S/C55H85N3O6/c1-50(2,3)34-25-37(53(10,11)12)46(40(28-34)62-31-43(59)56(19)20)49(47-38(54(13,14)15)26-35(51(4,5)6)29-41(47)63-32-44(60)57(21)22)48-39(55(16,17)18)27-36(52(7,8)9)30-42(48)64-33-45(61)58(23)24/h25-30,49H,31-33H2,1-24H3. The zero-order valence-corrected chi connectivity index (χ0v) is 44.5. The van der Waals surface area contributed by atoms with Gasteiger partial charge in [0, 0.05) is 64.9 Å². The van der Waals surface area contributed by atoms with Crippen molar-refractivity contribution in [2.24, 2.45) is 0 Å². The van der Waals surface area contributed by atoms with Crippen LogP contribution in [0.1, 0.15) is 181 Å². The zero-order valence-electron chi connectivity index (χ0n) is 44.5. The highest BCUT2D eigenvalue weighted by atomic mass is 16.5. The topological polar surface area (TPSA) is 88.6 Å². The van der Waals surface area contributed by atoms with E-state index in [0.29, 0.717) is 17.2 Å². The van der Waals surface area contributed by atoms with Gasteiger partial charge in [0.1, 0.15) is 17.2 Å². The maximum Gasteiger partial charge on any atom is 0.259 e. The SMILES string of the molecule is CN(C)C(=O)COc1cc(C(C)(C)C)cc(C(C)(C)C)c1C(c1c(OCC(=O)N(C)C)cc(C(C)(C)C)cc1C(C)(C)C)c1c(OCC(=O)N(C)C)cc(C(C)(C)C)cc1C(C)(C)C. The molecule has 0 aliphatic rings. The molecule has 0 fully saturated rings. The van der Waals surface area contributed by atoms with Crippen molar-refractivity contribution in [2.45, 2.75) is 163 Å². The quantitative estimate of drug-likeness (QED) is 0.168. The smallest absolute Gasteiger partial charge is 0.259 e. The number of likely N-dealkylation sites (N-methyl/N-ethyl adjacent to an activating group) is 3. The van der Waals surface area contributed by atoms with Gasteiger partial charge >= 0.3 is 0 Å². The minimum atomic E-state index is -0.673. The lowest BCUT2D eigenvalue weighted by molar-refractivity contribution is -0.131. The number of rotatable bonds is 12. The Morgan fingerprint density at radius 3 is 0.734 bits per heavy atom. The zero-order chi connectivity index (χ0) is 49.5. The summed E-state index contributed by atoms with van der Waals surface area (Å²) in [7, 11) is 10.4. The Labute approximate surface area is 388 Å². The highest BCUT2D eigenvalue weighted by Crippen LogP contribution is 2.55. The first-order chi connectivity index (χ1) is 28.8. The first kappa shape index (κ1) is 53.8. The molecule has 0 bridgehead atoms. The minimum absolute atomic E-state index is 0.173. The fourth-order valence-electron chi connectivity index (χ4n) is 7.53. The third-order valence-corrected chi connectivity index (χ3v) is 11.9. The van der Waals surface area contributed by atoms with E-state index >= 15 is 0 Å². The average Bonchev–Trinajstić information content (AvgIpc) is 3.12. The predicted octanol–water partition coefficient (Wildman–Crippen LogP) is 11.1. The highest BCUT2D eigenvalue weighted by molar-refractivity contribution is 5.79. The Balaban J connectivity index is 3.03. The van der Waals surface area contributed by atoms with E-state index in [1.165, 1.54) is 0 Å². The third-order valence-electron chi connectivity index (χ3n) is 11.9. The van der Waals surface area contributed by atoms with Gasteiger partial charge in [-0.25, -0.2) is 0 Å². The van der Waals surface area contributed by atoms with Gasteiger partial charge in [-0.3, -0.25) is 14.4 Å². The summed E-state index contributed by atoms with van der Waals surface area (Å²) in [6, 6.07) is 13.2. The van der Waals surface area contributed by atoms with Crippen molar-refractivity contribution in [3.8, 4) is 17.2 Å². The average molecular weight is 884 g/mol. The Morgan fingerprint density at radius 2 is 0.578 bits per heavy atom. The van der Waals surface area contributed by atoms with Crippen LogP contribution in [0.4, 0.5) is 0 Å². The van der Waals surface area contributed by atoms with Crippen molar-refractivity contribution in [3.05, 3.63) is 86.5 Å².